The maximum Gasteiger partial charge on any atom is 0.407 e. The number of carbonyl (C=O) groups excluding carboxylic acids is 2. The summed E-state index contributed by atoms with van der Waals surface area (Å²) in [7, 11) is 1.38. The molecule has 0 aliphatic heterocycles. The van der Waals surface area contributed by atoms with Gasteiger partial charge in [0.05, 0.1) is 12.0 Å². The highest BCUT2D eigenvalue weighted by molar-refractivity contribution is 5.86. The third-order valence-corrected chi connectivity index (χ3v) is 6.25. The summed E-state index contributed by atoms with van der Waals surface area (Å²) in [6, 6.07) is 15.0. The Kier molecular flexibility index (Phi) is 8.65. The van der Waals surface area contributed by atoms with E-state index in [2.05, 4.69) is 22.8 Å². The van der Waals surface area contributed by atoms with E-state index in [-0.39, 0.29) is 19.1 Å². The number of hydrogen-bond acceptors (Lipinski definition) is 5. The molecule has 1 unspecified atom stereocenters. The minimum absolute atomic E-state index is 0.0457. The van der Waals surface area contributed by atoms with Crippen LogP contribution in [0.4, 0.5) is 4.79 Å². The van der Waals surface area contributed by atoms with Gasteiger partial charge >= 0.3 is 12.1 Å². The van der Waals surface area contributed by atoms with E-state index in [1.54, 1.807) is 6.92 Å². The average molecular weight is 469 g/mol. The van der Waals surface area contributed by atoms with Gasteiger partial charge in [0, 0.05) is 19.6 Å². The first kappa shape index (κ1) is 25.2. The van der Waals surface area contributed by atoms with Crippen LogP contribution in [0.1, 0.15) is 43.7 Å². The molecule has 3 N–H and O–H groups in total. The standard InChI is InChI=1S/C26H32N2O6/c1-4-9-17(24(29)28-23(25(30)31)16(2)33-3)14-27-26(32)34-15-22-20-12-7-5-10-18(20)19-11-6-8-13-21(19)22/h5-8,10-13,16-17,22-23H,4,9,14-15H2,1-3H3,(H,27,32)(H,28,29)(H,30,31)/t16-,17?,23+/m1/s1. The molecule has 3 rings (SSSR count). The zero-order valence-electron chi connectivity index (χ0n) is 19.7. The number of fused-ring (bicyclic) bond motifs is 3. The monoisotopic (exact) mass is 468 g/mol. The van der Waals surface area contributed by atoms with Crippen molar-refractivity contribution >= 4 is 18.0 Å². The van der Waals surface area contributed by atoms with Crippen LogP contribution in [0.2, 0.25) is 0 Å². The quantitative estimate of drug-likeness (QED) is 0.465. The molecular weight excluding hydrogens is 436 g/mol. The zero-order valence-corrected chi connectivity index (χ0v) is 19.7. The van der Waals surface area contributed by atoms with Crippen LogP contribution in [0.15, 0.2) is 48.5 Å². The lowest BCUT2D eigenvalue weighted by Gasteiger charge is -2.23. The van der Waals surface area contributed by atoms with Crippen molar-refractivity contribution in [3.05, 3.63) is 59.7 Å². The van der Waals surface area contributed by atoms with Crippen molar-refractivity contribution in [2.24, 2.45) is 5.92 Å². The molecule has 0 fully saturated rings. The number of methoxy groups -OCH3 is 1. The lowest BCUT2D eigenvalue weighted by molar-refractivity contribution is -0.146. The van der Waals surface area contributed by atoms with Gasteiger partial charge in [-0.05, 0) is 35.6 Å². The van der Waals surface area contributed by atoms with Gasteiger partial charge in [0.25, 0.3) is 0 Å². The number of rotatable bonds is 11. The maximum absolute atomic E-state index is 12.7. The van der Waals surface area contributed by atoms with Gasteiger partial charge in [-0.15, -0.1) is 0 Å². The molecule has 0 spiro atoms. The fourth-order valence-corrected chi connectivity index (χ4v) is 4.32. The highest BCUT2D eigenvalue weighted by Gasteiger charge is 2.31. The van der Waals surface area contributed by atoms with Crippen molar-refractivity contribution in [1.82, 2.24) is 10.6 Å². The number of aliphatic carboxylic acids is 1. The molecule has 3 atom stereocenters. The lowest BCUT2D eigenvalue weighted by atomic mass is 9.98. The Hall–Kier alpha value is -3.39. The summed E-state index contributed by atoms with van der Waals surface area (Å²) < 4.78 is 10.6. The molecule has 34 heavy (non-hydrogen) atoms. The van der Waals surface area contributed by atoms with E-state index in [1.807, 2.05) is 43.3 Å². The topological polar surface area (TPSA) is 114 Å². The number of benzene rings is 2. The summed E-state index contributed by atoms with van der Waals surface area (Å²) in [5, 5.41) is 14.6. The second kappa shape index (κ2) is 11.7. The zero-order chi connectivity index (χ0) is 24.7. The number of hydrogen-bond donors (Lipinski definition) is 3. The molecule has 0 radical (unpaired) electrons. The summed E-state index contributed by atoms with van der Waals surface area (Å²) in [6.07, 6.45) is -0.125. The molecular formula is C26H32N2O6. The number of carboxylic acids is 1. The van der Waals surface area contributed by atoms with Gasteiger partial charge in [-0.2, -0.15) is 0 Å². The average Bonchev–Trinajstić information content (AvgIpc) is 3.16. The Morgan fingerprint density at radius 3 is 2.15 bits per heavy atom. The largest absolute Gasteiger partial charge is 0.480 e. The van der Waals surface area contributed by atoms with Crippen LogP contribution in [0, 0.1) is 5.92 Å². The molecule has 2 aromatic rings. The SMILES string of the molecule is CCCC(CNC(=O)OCC1c2ccccc2-c2ccccc21)C(=O)N[C@H](C(=O)O)[C@@H](C)OC. The number of amides is 2. The molecule has 1 aliphatic rings. The first-order valence-corrected chi connectivity index (χ1v) is 11.5. The number of carbonyl (C=O) groups is 3. The van der Waals surface area contributed by atoms with E-state index in [4.69, 9.17) is 9.47 Å². The van der Waals surface area contributed by atoms with Gasteiger partial charge in [-0.25, -0.2) is 9.59 Å². The Morgan fingerprint density at radius 2 is 1.62 bits per heavy atom. The Bertz CT molecular complexity index is 978. The molecule has 0 saturated heterocycles. The van der Waals surface area contributed by atoms with Crippen LogP contribution in [0.5, 0.6) is 0 Å². The normalized spacial score (nSPS) is 14.9. The van der Waals surface area contributed by atoms with Crippen LogP contribution in [-0.4, -0.2) is 55.5 Å². The van der Waals surface area contributed by atoms with Crippen molar-refractivity contribution in [1.29, 1.82) is 0 Å². The number of alkyl carbamates (subject to hydrolysis) is 1. The first-order chi connectivity index (χ1) is 16.4. The van der Waals surface area contributed by atoms with Crippen LogP contribution < -0.4 is 10.6 Å². The summed E-state index contributed by atoms with van der Waals surface area (Å²) in [5.74, 6) is -2.27. The summed E-state index contributed by atoms with van der Waals surface area (Å²) in [6.45, 7) is 3.71. The number of ether oxygens (including phenoxy) is 2. The Morgan fingerprint density at radius 1 is 1.03 bits per heavy atom. The minimum Gasteiger partial charge on any atom is -0.480 e. The molecule has 2 aromatic carbocycles. The maximum atomic E-state index is 12.7. The molecule has 182 valence electrons. The van der Waals surface area contributed by atoms with Crippen molar-refractivity contribution < 1.29 is 29.0 Å². The van der Waals surface area contributed by atoms with Crippen molar-refractivity contribution in [2.75, 3.05) is 20.3 Å². The van der Waals surface area contributed by atoms with Crippen molar-refractivity contribution in [3.8, 4) is 11.1 Å². The molecule has 1 aliphatic carbocycles. The predicted octanol–water partition coefficient (Wildman–Crippen LogP) is 3.55. The van der Waals surface area contributed by atoms with E-state index in [9.17, 15) is 19.5 Å². The molecule has 8 heteroatoms. The second-order valence-electron chi connectivity index (χ2n) is 8.46. The van der Waals surface area contributed by atoms with E-state index >= 15 is 0 Å². The van der Waals surface area contributed by atoms with E-state index < -0.39 is 36.0 Å². The highest BCUT2D eigenvalue weighted by Crippen LogP contribution is 2.44. The smallest absolute Gasteiger partial charge is 0.407 e. The first-order valence-electron chi connectivity index (χ1n) is 11.5. The molecule has 0 heterocycles. The third kappa shape index (κ3) is 5.75. The van der Waals surface area contributed by atoms with Gasteiger partial charge in [-0.1, -0.05) is 61.9 Å². The van der Waals surface area contributed by atoms with Gasteiger partial charge in [0.1, 0.15) is 6.61 Å². The molecule has 0 aromatic heterocycles. The van der Waals surface area contributed by atoms with Crippen LogP contribution in [-0.2, 0) is 19.1 Å². The summed E-state index contributed by atoms with van der Waals surface area (Å²) in [5.41, 5.74) is 4.52. The third-order valence-electron chi connectivity index (χ3n) is 6.25. The summed E-state index contributed by atoms with van der Waals surface area (Å²) >= 11 is 0. The van der Waals surface area contributed by atoms with E-state index in [0.29, 0.717) is 12.8 Å². The van der Waals surface area contributed by atoms with E-state index in [0.717, 1.165) is 22.3 Å². The van der Waals surface area contributed by atoms with Crippen LogP contribution >= 0.6 is 0 Å². The van der Waals surface area contributed by atoms with Gasteiger partial charge in [0.2, 0.25) is 5.91 Å². The van der Waals surface area contributed by atoms with Crippen molar-refractivity contribution in [2.45, 2.75) is 44.8 Å². The summed E-state index contributed by atoms with van der Waals surface area (Å²) in [4.78, 5) is 36.6. The van der Waals surface area contributed by atoms with Crippen LogP contribution in [0.25, 0.3) is 11.1 Å². The molecule has 8 nitrogen and oxygen atoms in total. The number of carboxylic acid groups (broad SMARTS) is 1. The van der Waals surface area contributed by atoms with Gasteiger partial charge < -0.3 is 25.2 Å². The Balaban J connectivity index is 1.58. The predicted molar refractivity (Wildman–Crippen MR) is 128 cm³/mol. The fourth-order valence-electron chi connectivity index (χ4n) is 4.32. The highest BCUT2D eigenvalue weighted by atomic mass is 16.5. The van der Waals surface area contributed by atoms with Crippen LogP contribution in [0.3, 0.4) is 0 Å². The van der Waals surface area contributed by atoms with Gasteiger partial charge in [-0.3, -0.25) is 4.79 Å². The van der Waals surface area contributed by atoms with E-state index in [1.165, 1.54) is 7.11 Å². The molecule has 0 bridgehead atoms. The second-order valence-corrected chi connectivity index (χ2v) is 8.46. The van der Waals surface area contributed by atoms with Gasteiger partial charge in [0.15, 0.2) is 6.04 Å². The minimum atomic E-state index is -1.18. The molecule has 0 saturated carbocycles. The Labute approximate surface area is 199 Å². The number of nitrogens with one attached hydrogen (secondary N) is 2. The fraction of sp³-hybridized carbons (Fsp3) is 0.423. The lowest BCUT2D eigenvalue weighted by Crippen LogP contribution is -2.51. The van der Waals surface area contributed by atoms with Crippen molar-refractivity contribution in [3.63, 3.8) is 0 Å². The molecule has 2 amide bonds.